The van der Waals surface area contributed by atoms with Crippen LogP contribution in [-0.4, -0.2) is 15.6 Å². The first-order valence-corrected chi connectivity index (χ1v) is 9.78. The van der Waals surface area contributed by atoms with Gasteiger partial charge in [0.15, 0.2) is 0 Å². The van der Waals surface area contributed by atoms with Gasteiger partial charge >= 0.3 is 5.97 Å². The molecular formula is C21H21BrClNO2. The third kappa shape index (κ3) is 3.97. The van der Waals surface area contributed by atoms with Crippen molar-refractivity contribution in [2.75, 3.05) is 0 Å². The van der Waals surface area contributed by atoms with Crippen LogP contribution in [0.15, 0.2) is 46.9 Å². The topological polar surface area (TPSA) is 42.2 Å². The molecule has 0 spiro atoms. The second kappa shape index (κ2) is 7.85. The van der Waals surface area contributed by atoms with E-state index in [1.807, 2.05) is 30.3 Å². The number of carbonyl (C=O) groups is 1. The quantitative estimate of drug-likeness (QED) is 0.512. The maximum Gasteiger partial charge on any atom is 0.306 e. The van der Waals surface area contributed by atoms with Crippen molar-refractivity contribution in [3.8, 4) is 0 Å². The summed E-state index contributed by atoms with van der Waals surface area (Å²) in [6, 6.07) is 14.3. The van der Waals surface area contributed by atoms with Crippen molar-refractivity contribution in [1.29, 1.82) is 0 Å². The van der Waals surface area contributed by atoms with Gasteiger partial charge < -0.3 is 9.67 Å². The van der Waals surface area contributed by atoms with Gasteiger partial charge in [0, 0.05) is 32.6 Å². The van der Waals surface area contributed by atoms with Gasteiger partial charge in [0.1, 0.15) is 0 Å². The summed E-state index contributed by atoms with van der Waals surface area (Å²) >= 11 is 9.71. The van der Waals surface area contributed by atoms with Gasteiger partial charge in [-0.1, -0.05) is 46.6 Å². The molecule has 0 unspecified atom stereocenters. The van der Waals surface area contributed by atoms with Crippen molar-refractivity contribution in [3.05, 3.63) is 68.8 Å². The third-order valence-corrected chi connectivity index (χ3v) is 5.68. The van der Waals surface area contributed by atoms with E-state index in [0.717, 1.165) is 28.3 Å². The van der Waals surface area contributed by atoms with E-state index in [2.05, 4.69) is 39.6 Å². The molecule has 0 aliphatic rings. The SMILES string of the molecule is Cc1c(CC[C@@H](C)C(=O)O)c2cc(Cl)ccc2n1Cc1ccc(Br)cc1. The molecule has 0 amide bonds. The Bertz CT molecular complexity index is 947. The van der Waals surface area contributed by atoms with E-state index in [4.69, 9.17) is 11.6 Å². The number of aliphatic carboxylic acids is 1. The summed E-state index contributed by atoms with van der Waals surface area (Å²) in [5.74, 6) is -1.11. The van der Waals surface area contributed by atoms with Crippen LogP contribution in [0.3, 0.4) is 0 Å². The summed E-state index contributed by atoms with van der Waals surface area (Å²) in [7, 11) is 0. The van der Waals surface area contributed by atoms with E-state index >= 15 is 0 Å². The molecule has 2 aromatic carbocycles. The standard InChI is InChI=1S/C21H21BrClNO2/c1-13(21(25)26)3-9-18-14(2)24(12-15-4-6-16(22)7-5-15)20-10-8-17(23)11-19(18)20/h4-8,10-11,13H,3,9,12H2,1-2H3,(H,25,26)/t13-/m1/s1. The highest BCUT2D eigenvalue weighted by Crippen LogP contribution is 2.31. The Morgan fingerprint density at radius 1 is 1.23 bits per heavy atom. The fourth-order valence-corrected chi connectivity index (χ4v) is 3.74. The number of aryl methyl sites for hydroxylation is 1. The van der Waals surface area contributed by atoms with Crippen LogP contribution in [0.4, 0.5) is 0 Å². The number of aromatic nitrogens is 1. The number of hydrogen-bond acceptors (Lipinski definition) is 1. The Balaban J connectivity index is 2.01. The van der Waals surface area contributed by atoms with E-state index in [-0.39, 0.29) is 5.92 Å². The van der Waals surface area contributed by atoms with Crippen LogP contribution in [0.5, 0.6) is 0 Å². The molecule has 0 fully saturated rings. The summed E-state index contributed by atoms with van der Waals surface area (Å²) < 4.78 is 3.35. The molecule has 1 aromatic heterocycles. The normalized spacial score (nSPS) is 12.5. The van der Waals surface area contributed by atoms with Gasteiger partial charge in [-0.25, -0.2) is 0 Å². The molecule has 5 heteroatoms. The van der Waals surface area contributed by atoms with Gasteiger partial charge in [-0.3, -0.25) is 4.79 Å². The summed E-state index contributed by atoms with van der Waals surface area (Å²) in [6.45, 7) is 4.63. The zero-order valence-electron chi connectivity index (χ0n) is 14.8. The fourth-order valence-electron chi connectivity index (χ4n) is 3.30. The first kappa shape index (κ1) is 19.0. The number of carboxylic acid groups (broad SMARTS) is 1. The second-order valence-electron chi connectivity index (χ2n) is 6.72. The maximum atomic E-state index is 11.2. The molecular weight excluding hydrogens is 414 g/mol. The summed E-state index contributed by atoms with van der Waals surface area (Å²) in [5.41, 5.74) is 4.71. The molecule has 1 atom stereocenters. The van der Waals surface area contributed by atoms with Crippen molar-refractivity contribution >= 4 is 44.4 Å². The van der Waals surface area contributed by atoms with Gasteiger partial charge in [0.25, 0.3) is 0 Å². The maximum absolute atomic E-state index is 11.2. The number of benzene rings is 2. The molecule has 26 heavy (non-hydrogen) atoms. The molecule has 1 heterocycles. The minimum absolute atomic E-state index is 0.363. The molecule has 1 N–H and O–H groups in total. The minimum Gasteiger partial charge on any atom is -0.481 e. The molecule has 0 radical (unpaired) electrons. The predicted molar refractivity (Wildman–Crippen MR) is 110 cm³/mol. The third-order valence-electron chi connectivity index (χ3n) is 4.92. The van der Waals surface area contributed by atoms with Crippen LogP contribution in [0.25, 0.3) is 10.9 Å². The average molecular weight is 435 g/mol. The molecule has 0 aliphatic heterocycles. The number of hydrogen-bond donors (Lipinski definition) is 1. The highest BCUT2D eigenvalue weighted by Gasteiger charge is 2.17. The smallest absolute Gasteiger partial charge is 0.306 e. The molecule has 3 rings (SSSR count). The largest absolute Gasteiger partial charge is 0.481 e. The number of nitrogens with zero attached hydrogens (tertiary/aromatic N) is 1. The molecule has 0 bridgehead atoms. The Morgan fingerprint density at radius 2 is 1.92 bits per heavy atom. The molecule has 3 aromatic rings. The highest BCUT2D eigenvalue weighted by molar-refractivity contribution is 9.10. The van der Waals surface area contributed by atoms with Crippen molar-refractivity contribution in [1.82, 2.24) is 4.57 Å². The zero-order chi connectivity index (χ0) is 18.8. The van der Waals surface area contributed by atoms with Gasteiger partial charge in [0.2, 0.25) is 0 Å². The van der Waals surface area contributed by atoms with Crippen LogP contribution in [0, 0.1) is 12.8 Å². The van der Waals surface area contributed by atoms with Crippen molar-refractivity contribution < 1.29 is 9.90 Å². The van der Waals surface area contributed by atoms with Crippen LogP contribution >= 0.6 is 27.5 Å². The number of fused-ring (bicyclic) bond motifs is 1. The Kier molecular flexibility index (Phi) is 5.73. The van der Waals surface area contributed by atoms with Gasteiger partial charge in [-0.15, -0.1) is 0 Å². The van der Waals surface area contributed by atoms with Crippen LogP contribution in [0.2, 0.25) is 5.02 Å². The second-order valence-corrected chi connectivity index (χ2v) is 8.07. The minimum atomic E-state index is -0.751. The fraction of sp³-hybridized carbons (Fsp3) is 0.286. The van der Waals surface area contributed by atoms with E-state index in [1.54, 1.807) is 6.92 Å². The molecule has 0 saturated carbocycles. The lowest BCUT2D eigenvalue weighted by Crippen LogP contribution is -2.10. The first-order chi connectivity index (χ1) is 12.4. The lowest BCUT2D eigenvalue weighted by molar-refractivity contribution is -0.141. The van der Waals surface area contributed by atoms with Crippen molar-refractivity contribution in [2.24, 2.45) is 5.92 Å². The molecule has 0 aliphatic carbocycles. The first-order valence-electron chi connectivity index (χ1n) is 8.61. The van der Waals surface area contributed by atoms with Crippen LogP contribution in [0.1, 0.15) is 30.2 Å². The summed E-state index contributed by atoms with van der Waals surface area (Å²) in [5, 5.41) is 11.0. The predicted octanol–water partition coefficient (Wildman–Crippen LogP) is 6.07. The molecule has 136 valence electrons. The number of halogens is 2. The van der Waals surface area contributed by atoms with Gasteiger partial charge in [0.05, 0.1) is 5.92 Å². The Hall–Kier alpha value is -1.78. The molecule has 3 nitrogen and oxygen atoms in total. The van der Waals surface area contributed by atoms with E-state index in [9.17, 15) is 9.90 Å². The van der Waals surface area contributed by atoms with E-state index in [0.29, 0.717) is 11.4 Å². The monoisotopic (exact) mass is 433 g/mol. The zero-order valence-corrected chi connectivity index (χ0v) is 17.1. The Morgan fingerprint density at radius 3 is 2.58 bits per heavy atom. The van der Waals surface area contributed by atoms with Gasteiger partial charge in [-0.2, -0.15) is 0 Å². The van der Waals surface area contributed by atoms with E-state index in [1.165, 1.54) is 16.8 Å². The Labute approximate surface area is 166 Å². The highest BCUT2D eigenvalue weighted by atomic mass is 79.9. The van der Waals surface area contributed by atoms with E-state index < -0.39 is 5.97 Å². The van der Waals surface area contributed by atoms with Gasteiger partial charge in [-0.05, 0) is 61.2 Å². The summed E-state index contributed by atoms with van der Waals surface area (Å²) in [6.07, 6.45) is 1.34. The van der Waals surface area contributed by atoms with Crippen LogP contribution in [-0.2, 0) is 17.8 Å². The number of carboxylic acids is 1. The lowest BCUT2D eigenvalue weighted by atomic mass is 9.99. The molecule has 0 saturated heterocycles. The number of rotatable bonds is 6. The lowest BCUT2D eigenvalue weighted by Gasteiger charge is -2.10. The summed E-state index contributed by atoms with van der Waals surface area (Å²) in [4.78, 5) is 11.2. The average Bonchev–Trinajstić information content (AvgIpc) is 2.85. The van der Waals surface area contributed by atoms with Crippen LogP contribution < -0.4 is 0 Å². The van der Waals surface area contributed by atoms with Crippen molar-refractivity contribution in [3.63, 3.8) is 0 Å². The van der Waals surface area contributed by atoms with Crippen molar-refractivity contribution in [2.45, 2.75) is 33.2 Å².